The van der Waals surface area contributed by atoms with Gasteiger partial charge < -0.3 is 10.3 Å². The molecule has 0 aliphatic heterocycles. The molecule has 142 valence electrons. The van der Waals surface area contributed by atoms with Gasteiger partial charge in [0, 0.05) is 17.4 Å². The number of ketones is 1. The van der Waals surface area contributed by atoms with Crippen LogP contribution in [-0.2, 0) is 4.79 Å². The topological polar surface area (TPSA) is 62.0 Å². The van der Waals surface area contributed by atoms with Gasteiger partial charge in [-0.3, -0.25) is 9.59 Å². The number of hydrogen-bond acceptors (Lipinski definition) is 2. The number of hydrogen-bond donors (Lipinski definition) is 2. The molecule has 3 atom stereocenters. The summed E-state index contributed by atoms with van der Waals surface area (Å²) in [4.78, 5) is 29.2. The summed E-state index contributed by atoms with van der Waals surface area (Å²) in [5, 5.41) is 3.73. The monoisotopic (exact) mass is 372 g/mol. The van der Waals surface area contributed by atoms with E-state index in [0.717, 1.165) is 28.3 Å². The largest absolute Gasteiger partial charge is 0.354 e. The molecule has 4 heteroatoms. The molecule has 1 amide bonds. The van der Waals surface area contributed by atoms with Crippen molar-refractivity contribution in [1.82, 2.24) is 10.3 Å². The van der Waals surface area contributed by atoms with Crippen LogP contribution < -0.4 is 5.32 Å². The molecule has 2 aliphatic carbocycles. The summed E-state index contributed by atoms with van der Waals surface area (Å²) in [6.07, 6.45) is 5.11. The highest BCUT2D eigenvalue weighted by molar-refractivity contribution is 6.46. The fourth-order valence-electron chi connectivity index (χ4n) is 5.24. The number of carbonyl (C=O) groups is 2. The van der Waals surface area contributed by atoms with E-state index in [1.165, 1.54) is 25.7 Å². The van der Waals surface area contributed by atoms with E-state index in [2.05, 4.69) is 10.3 Å². The Morgan fingerprint density at radius 2 is 1.75 bits per heavy atom. The first-order valence-electron chi connectivity index (χ1n) is 10.2. The van der Waals surface area contributed by atoms with Crippen molar-refractivity contribution >= 4 is 22.6 Å². The van der Waals surface area contributed by atoms with Gasteiger partial charge in [-0.1, -0.05) is 55.0 Å². The lowest BCUT2D eigenvalue weighted by molar-refractivity contribution is -0.117. The predicted octanol–water partition coefficient (Wildman–Crippen LogP) is 4.57. The lowest BCUT2D eigenvalue weighted by atomic mass is 9.89. The molecule has 2 bridgehead atoms. The number of fused-ring (bicyclic) bond motifs is 3. The van der Waals surface area contributed by atoms with Crippen LogP contribution >= 0.6 is 0 Å². The van der Waals surface area contributed by atoms with Gasteiger partial charge in [0.15, 0.2) is 0 Å². The van der Waals surface area contributed by atoms with E-state index in [-0.39, 0.29) is 0 Å². The Balaban J connectivity index is 1.42. The van der Waals surface area contributed by atoms with Crippen molar-refractivity contribution in [1.29, 1.82) is 0 Å². The second-order valence-corrected chi connectivity index (χ2v) is 8.26. The van der Waals surface area contributed by atoms with E-state index in [0.29, 0.717) is 23.7 Å². The summed E-state index contributed by atoms with van der Waals surface area (Å²) in [6.45, 7) is 0.620. The van der Waals surface area contributed by atoms with E-state index < -0.39 is 11.7 Å². The molecule has 0 unspecified atom stereocenters. The van der Waals surface area contributed by atoms with Gasteiger partial charge in [-0.15, -0.1) is 0 Å². The van der Waals surface area contributed by atoms with Gasteiger partial charge in [0.2, 0.25) is 0 Å². The first-order valence-corrected chi connectivity index (χ1v) is 10.2. The average Bonchev–Trinajstić information content (AvgIpc) is 3.45. The second kappa shape index (κ2) is 6.93. The van der Waals surface area contributed by atoms with Crippen molar-refractivity contribution in [3.63, 3.8) is 0 Å². The van der Waals surface area contributed by atoms with Gasteiger partial charge in [0.25, 0.3) is 11.7 Å². The van der Waals surface area contributed by atoms with Crippen molar-refractivity contribution in [3.8, 4) is 11.3 Å². The minimum absolute atomic E-state index is 0.459. The molecule has 5 rings (SSSR count). The Hall–Kier alpha value is -2.88. The predicted molar refractivity (Wildman–Crippen MR) is 110 cm³/mol. The number of nitrogens with one attached hydrogen (secondary N) is 2. The molecule has 1 aromatic heterocycles. The summed E-state index contributed by atoms with van der Waals surface area (Å²) in [5.41, 5.74) is 2.95. The number of benzene rings is 2. The Bertz CT molecular complexity index is 1040. The molecule has 0 spiro atoms. The molecule has 0 saturated heterocycles. The van der Waals surface area contributed by atoms with E-state index in [1.807, 2.05) is 54.6 Å². The fourth-order valence-corrected chi connectivity index (χ4v) is 5.24. The van der Waals surface area contributed by atoms with Crippen molar-refractivity contribution in [3.05, 3.63) is 60.2 Å². The zero-order valence-corrected chi connectivity index (χ0v) is 15.8. The maximum absolute atomic E-state index is 13.1. The lowest BCUT2D eigenvalue weighted by Gasteiger charge is -2.21. The third-order valence-corrected chi connectivity index (χ3v) is 6.61. The molecule has 2 fully saturated rings. The Kier molecular flexibility index (Phi) is 4.27. The number of Topliss-reactive ketones (excluding diaryl/α,β-unsaturated/α-hetero) is 1. The minimum atomic E-state index is -0.496. The smallest absolute Gasteiger partial charge is 0.292 e. The standard InChI is InChI=1S/C24H24N2O2/c27-23(24(28)25-14-18-13-15-10-11-17(18)12-15)21-19-8-4-5-9-20(19)26-22(21)16-6-2-1-3-7-16/h1-9,15,17-18,26H,10-14H2,(H,25,28)/t15-,17+,18+/m0/s1. The second-order valence-electron chi connectivity index (χ2n) is 8.26. The van der Waals surface area contributed by atoms with Crippen LogP contribution in [0.15, 0.2) is 54.6 Å². The average molecular weight is 372 g/mol. The summed E-state index contributed by atoms with van der Waals surface area (Å²) < 4.78 is 0. The normalized spacial score (nSPS) is 23.2. The molecule has 1 heterocycles. The fraction of sp³-hybridized carbons (Fsp3) is 0.333. The van der Waals surface area contributed by atoms with Gasteiger partial charge in [-0.05, 0) is 48.6 Å². The van der Waals surface area contributed by atoms with E-state index in [4.69, 9.17) is 0 Å². The maximum atomic E-state index is 13.1. The highest BCUT2D eigenvalue weighted by Gasteiger charge is 2.39. The van der Waals surface area contributed by atoms with Crippen LogP contribution in [0.5, 0.6) is 0 Å². The zero-order chi connectivity index (χ0) is 19.1. The molecule has 2 N–H and O–H groups in total. The molecule has 0 radical (unpaired) electrons. The molecule has 3 aromatic rings. The summed E-state index contributed by atoms with van der Waals surface area (Å²) in [5.74, 6) is 1.14. The van der Waals surface area contributed by atoms with E-state index >= 15 is 0 Å². The van der Waals surface area contributed by atoms with Gasteiger partial charge in [0.1, 0.15) is 0 Å². The van der Waals surface area contributed by atoms with E-state index in [1.54, 1.807) is 0 Å². The van der Waals surface area contributed by atoms with Crippen LogP contribution in [-0.4, -0.2) is 23.2 Å². The number of rotatable bonds is 5. The molecule has 2 aromatic carbocycles. The first kappa shape index (κ1) is 17.2. The van der Waals surface area contributed by atoms with Crippen molar-refractivity contribution in [2.75, 3.05) is 6.54 Å². The molecule has 4 nitrogen and oxygen atoms in total. The van der Waals surface area contributed by atoms with Gasteiger partial charge in [0.05, 0.1) is 11.3 Å². The van der Waals surface area contributed by atoms with Crippen LogP contribution in [0.1, 0.15) is 36.0 Å². The molecule has 28 heavy (non-hydrogen) atoms. The number of aromatic amines is 1. The van der Waals surface area contributed by atoms with Crippen LogP contribution in [0, 0.1) is 17.8 Å². The molecule has 2 saturated carbocycles. The van der Waals surface area contributed by atoms with Gasteiger partial charge in [-0.25, -0.2) is 0 Å². The summed E-state index contributed by atoms with van der Waals surface area (Å²) in [7, 11) is 0. The van der Waals surface area contributed by atoms with E-state index in [9.17, 15) is 9.59 Å². The third kappa shape index (κ3) is 2.93. The Morgan fingerprint density at radius 3 is 2.50 bits per heavy atom. The number of para-hydroxylation sites is 1. The van der Waals surface area contributed by atoms with Crippen molar-refractivity contribution < 1.29 is 9.59 Å². The van der Waals surface area contributed by atoms with Gasteiger partial charge in [-0.2, -0.15) is 0 Å². The highest BCUT2D eigenvalue weighted by Crippen LogP contribution is 2.47. The first-order chi connectivity index (χ1) is 13.7. The van der Waals surface area contributed by atoms with Gasteiger partial charge >= 0.3 is 0 Å². The SMILES string of the molecule is O=C(NC[C@H]1C[C@H]2CC[C@@H]1C2)C(=O)c1c(-c2ccccc2)[nH]c2ccccc12. The number of amides is 1. The number of aromatic nitrogens is 1. The Labute approximate surface area is 164 Å². The number of carbonyl (C=O) groups excluding carboxylic acids is 2. The van der Waals surface area contributed by atoms with Crippen LogP contribution in [0.25, 0.3) is 22.2 Å². The van der Waals surface area contributed by atoms with Crippen molar-refractivity contribution in [2.45, 2.75) is 25.7 Å². The summed E-state index contributed by atoms with van der Waals surface area (Å²) >= 11 is 0. The van der Waals surface area contributed by atoms with Crippen molar-refractivity contribution in [2.24, 2.45) is 17.8 Å². The zero-order valence-electron chi connectivity index (χ0n) is 15.8. The molecule has 2 aliphatic rings. The third-order valence-electron chi connectivity index (χ3n) is 6.61. The maximum Gasteiger partial charge on any atom is 0.292 e. The van der Waals surface area contributed by atoms with Crippen LogP contribution in [0.2, 0.25) is 0 Å². The molecular weight excluding hydrogens is 348 g/mol. The minimum Gasteiger partial charge on any atom is -0.354 e. The number of H-pyrrole nitrogens is 1. The van der Waals surface area contributed by atoms with Crippen LogP contribution in [0.4, 0.5) is 0 Å². The highest BCUT2D eigenvalue weighted by atomic mass is 16.2. The quantitative estimate of drug-likeness (QED) is 0.509. The summed E-state index contributed by atoms with van der Waals surface area (Å²) in [6, 6.07) is 17.4. The lowest BCUT2D eigenvalue weighted by Crippen LogP contribution is -2.36. The van der Waals surface area contributed by atoms with Crippen LogP contribution in [0.3, 0.4) is 0 Å². The molecular formula is C24H24N2O2. The Morgan fingerprint density at radius 1 is 0.964 bits per heavy atom.